The smallest absolute Gasteiger partial charge is 0.251 e. The number of aromatic hydroxyl groups is 1. The van der Waals surface area contributed by atoms with Crippen molar-refractivity contribution in [1.82, 2.24) is 5.32 Å². The van der Waals surface area contributed by atoms with Crippen LogP contribution in [0, 0.1) is 0 Å². The van der Waals surface area contributed by atoms with Crippen LogP contribution in [0.5, 0.6) is 11.5 Å². The first kappa shape index (κ1) is 17.3. The molecule has 2 aromatic rings. The van der Waals surface area contributed by atoms with Crippen LogP contribution in [0.3, 0.4) is 0 Å². The molecule has 2 aromatic carbocycles. The van der Waals surface area contributed by atoms with Gasteiger partial charge >= 0.3 is 0 Å². The highest BCUT2D eigenvalue weighted by molar-refractivity contribution is 5.94. The quantitative estimate of drug-likeness (QED) is 0.847. The zero-order valence-electron chi connectivity index (χ0n) is 14.1. The van der Waals surface area contributed by atoms with E-state index in [1.54, 1.807) is 12.1 Å². The molecule has 1 aliphatic rings. The van der Waals surface area contributed by atoms with Crippen molar-refractivity contribution in [2.24, 2.45) is 0 Å². The van der Waals surface area contributed by atoms with Crippen molar-refractivity contribution in [3.05, 3.63) is 60.2 Å². The van der Waals surface area contributed by atoms with Crippen molar-refractivity contribution >= 4 is 5.91 Å². The van der Waals surface area contributed by atoms with E-state index in [1.807, 2.05) is 30.3 Å². The molecular formula is C20H23NO4. The Labute approximate surface area is 147 Å². The first-order valence-electron chi connectivity index (χ1n) is 8.56. The molecule has 1 saturated heterocycles. The molecule has 1 atom stereocenters. The van der Waals surface area contributed by atoms with Crippen molar-refractivity contribution < 1.29 is 19.4 Å². The van der Waals surface area contributed by atoms with Crippen molar-refractivity contribution in [1.29, 1.82) is 0 Å². The molecule has 0 bridgehead atoms. The van der Waals surface area contributed by atoms with Crippen LogP contribution in [-0.4, -0.2) is 36.4 Å². The Hall–Kier alpha value is -2.53. The highest BCUT2D eigenvalue weighted by Crippen LogP contribution is 2.26. The molecule has 0 aliphatic carbocycles. The van der Waals surface area contributed by atoms with E-state index in [9.17, 15) is 9.90 Å². The zero-order valence-corrected chi connectivity index (χ0v) is 14.1. The standard InChI is InChI=1S/C20H23NO4/c22-17-10-8-16(9-11-17)19(23)21-14-20(12-4-5-13-25-20)15-24-18-6-2-1-3-7-18/h1-3,6-11,22H,4-5,12-15H2,(H,21,23)/t20-/m0/s1. The number of hydrogen-bond acceptors (Lipinski definition) is 4. The Balaban J connectivity index is 1.62. The molecule has 3 rings (SSSR count). The average molecular weight is 341 g/mol. The van der Waals surface area contributed by atoms with E-state index in [4.69, 9.17) is 9.47 Å². The van der Waals surface area contributed by atoms with Crippen molar-refractivity contribution in [3.8, 4) is 11.5 Å². The molecule has 0 spiro atoms. The lowest BCUT2D eigenvalue weighted by molar-refractivity contribution is -0.0983. The van der Waals surface area contributed by atoms with Crippen molar-refractivity contribution in [2.75, 3.05) is 19.8 Å². The highest BCUT2D eigenvalue weighted by Gasteiger charge is 2.35. The number of phenols is 1. The van der Waals surface area contributed by atoms with Crippen LogP contribution in [0.25, 0.3) is 0 Å². The number of nitrogens with one attached hydrogen (secondary N) is 1. The van der Waals surface area contributed by atoms with Gasteiger partial charge in [-0.25, -0.2) is 0 Å². The van der Waals surface area contributed by atoms with Crippen molar-refractivity contribution in [2.45, 2.75) is 24.9 Å². The number of carbonyl (C=O) groups is 1. The van der Waals surface area contributed by atoms with Gasteiger partial charge in [0, 0.05) is 12.2 Å². The molecule has 2 N–H and O–H groups in total. The molecule has 0 radical (unpaired) electrons. The molecule has 1 fully saturated rings. The normalized spacial score (nSPS) is 20.0. The predicted molar refractivity (Wildman–Crippen MR) is 94.9 cm³/mol. The molecule has 1 heterocycles. The van der Waals surface area contributed by atoms with Gasteiger partial charge in [-0.2, -0.15) is 0 Å². The van der Waals surface area contributed by atoms with Gasteiger partial charge in [-0.15, -0.1) is 0 Å². The lowest BCUT2D eigenvalue weighted by Crippen LogP contribution is -2.51. The maximum Gasteiger partial charge on any atom is 0.251 e. The fourth-order valence-electron chi connectivity index (χ4n) is 2.90. The number of amides is 1. The predicted octanol–water partition coefficient (Wildman–Crippen LogP) is 3.14. The van der Waals surface area contributed by atoms with Gasteiger partial charge in [0.25, 0.3) is 5.91 Å². The van der Waals surface area contributed by atoms with E-state index in [1.165, 1.54) is 12.1 Å². The van der Waals surface area contributed by atoms with E-state index in [2.05, 4.69) is 5.32 Å². The Morgan fingerprint density at radius 1 is 1.12 bits per heavy atom. The van der Waals surface area contributed by atoms with Crippen LogP contribution in [0.4, 0.5) is 0 Å². The number of rotatable bonds is 6. The molecule has 0 unspecified atom stereocenters. The number of phenolic OH excluding ortho intramolecular Hbond substituents is 1. The van der Waals surface area contributed by atoms with Gasteiger partial charge in [0.05, 0.1) is 6.54 Å². The summed E-state index contributed by atoms with van der Waals surface area (Å²) in [5.41, 5.74) is -0.00606. The Bertz CT molecular complexity index is 679. The number of hydrogen-bond donors (Lipinski definition) is 2. The molecule has 132 valence electrons. The number of benzene rings is 2. The highest BCUT2D eigenvalue weighted by atomic mass is 16.5. The number of carbonyl (C=O) groups excluding carboxylic acids is 1. The summed E-state index contributed by atoms with van der Waals surface area (Å²) >= 11 is 0. The molecule has 0 aromatic heterocycles. The minimum absolute atomic E-state index is 0.139. The third-order valence-electron chi connectivity index (χ3n) is 4.38. The van der Waals surface area contributed by atoms with Gasteiger partial charge in [0.1, 0.15) is 23.7 Å². The monoisotopic (exact) mass is 341 g/mol. The number of ether oxygens (including phenoxy) is 2. The molecule has 0 saturated carbocycles. The first-order chi connectivity index (χ1) is 12.2. The van der Waals surface area contributed by atoms with Crippen LogP contribution < -0.4 is 10.1 Å². The Morgan fingerprint density at radius 2 is 1.88 bits per heavy atom. The van der Waals surface area contributed by atoms with E-state index in [0.29, 0.717) is 25.3 Å². The second-order valence-electron chi connectivity index (χ2n) is 6.32. The molecule has 5 nitrogen and oxygen atoms in total. The lowest BCUT2D eigenvalue weighted by Gasteiger charge is -2.37. The van der Waals surface area contributed by atoms with E-state index in [-0.39, 0.29) is 11.7 Å². The maximum atomic E-state index is 12.3. The lowest BCUT2D eigenvalue weighted by atomic mass is 9.94. The summed E-state index contributed by atoms with van der Waals surface area (Å²) in [4.78, 5) is 12.3. The van der Waals surface area contributed by atoms with Gasteiger partial charge in [-0.05, 0) is 55.7 Å². The fourth-order valence-corrected chi connectivity index (χ4v) is 2.90. The van der Waals surface area contributed by atoms with Crippen LogP contribution in [0.15, 0.2) is 54.6 Å². The Morgan fingerprint density at radius 3 is 2.56 bits per heavy atom. The zero-order chi connectivity index (χ0) is 17.5. The van der Waals surface area contributed by atoms with Gasteiger partial charge < -0.3 is 19.9 Å². The molecular weight excluding hydrogens is 318 g/mol. The number of para-hydroxylation sites is 1. The van der Waals surface area contributed by atoms with Gasteiger partial charge in [0.15, 0.2) is 0 Å². The second-order valence-corrected chi connectivity index (χ2v) is 6.32. The summed E-state index contributed by atoms with van der Waals surface area (Å²) in [5.74, 6) is 0.745. The fraction of sp³-hybridized carbons (Fsp3) is 0.350. The molecule has 5 heteroatoms. The third-order valence-corrected chi connectivity index (χ3v) is 4.38. The van der Waals surface area contributed by atoms with E-state index < -0.39 is 5.60 Å². The SMILES string of the molecule is O=C(NC[C@]1(COc2ccccc2)CCCCO1)c1ccc(O)cc1. The van der Waals surface area contributed by atoms with Crippen LogP contribution >= 0.6 is 0 Å². The first-order valence-corrected chi connectivity index (χ1v) is 8.56. The van der Waals surface area contributed by atoms with E-state index >= 15 is 0 Å². The van der Waals surface area contributed by atoms with Crippen LogP contribution in [0.2, 0.25) is 0 Å². The topological polar surface area (TPSA) is 67.8 Å². The molecule has 1 amide bonds. The van der Waals surface area contributed by atoms with Gasteiger partial charge in [-0.3, -0.25) is 4.79 Å². The summed E-state index contributed by atoms with van der Waals surface area (Å²) in [7, 11) is 0. The van der Waals surface area contributed by atoms with Gasteiger partial charge in [-0.1, -0.05) is 18.2 Å². The summed E-state index contributed by atoms with van der Waals surface area (Å²) in [6.07, 6.45) is 2.92. The molecule has 25 heavy (non-hydrogen) atoms. The average Bonchev–Trinajstić information content (AvgIpc) is 2.67. The minimum atomic E-state index is -0.513. The summed E-state index contributed by atoms with van der Waals surface area (Å²) in [5, 5.41) is 12.3. The Kier molecular flexibility index (Phi) is 5.56. The van der Waals surface area contributed by atoms with Crippen LogP contribution in [0.1, 0.15) is 29.6 Å². The van der Waals surface area contributed by atoms with E-state index in [0.717, 1.165) is 25.0 Å². The second kappa shape index (κ2) is 8.03. The maximum absolute atomic E-state index is 12.3. The van der Waals surface area contributed by atoms with Gasteiger partial charge in [0.2, 0.25) is 0 Å². The largest absolute Gasteiger partial charge is 0.508 e. The van der Waals surface area contributed by atoms with Crippen LogP contribution in [-0.2, 0) is 4.74 Å². The summed E-state index contributed by atoms with van der Waals surface area (Å²) < 4.78 is 11.9. The van der Waals surface area contributed by atoms with Crippen molar-refractivity contribution in [3.63, 3.8) is 0 Å². The summed E-state index contributed by atoms with van der Waals surface area (Å²) in [6, 6.07) is 15.8. The third kappa shape index (κ3) is 4.73. The molecule has 1 aliphatic heterocycles. The minimum Gasteiger partial charge on any atom is -0.508 e. The summed E-state index contributed by atoms with van der Waals surface area (Å²) in [6.45, 7) is 1.46.